The fourth-order valence-corrected chi connectivity index (χ4v) is 1.68. The third kappa shape index (κ3) is 3.99. The minimum Gasteiger partial charge on any atom is -0.375 e. The normalized spacial score (nSPS) is 12.6. The number of hydrogen-bond donors (Lipinski definition) is 1. The Balaban J connectivity index is 2.52. The van der Waals surface area contributed by atoms with Gasteiger partial charge < -0.3 is 10.6 Å². The third-order valence-corrected chi connectivity index (χ3v) is 2.79. The largest absolute Gasteiger partial charge is 0.375 e. The molecule has 1 unspecified atom stereocenters. The molecule has 0 aliphatic heterocycles. The van der Waals surface area contributed by atoms with E-state index in [0.717, 1.165) is 25.1 Å². The first-order valence-corrected chi connectivity index (χ1v) is 5.80. The van der Waals surface area contributed by atoms with Gasteiger partial charge in [-0.1, -0.05) is 11.6 Å². The van der Waals surface area contributed by atoms with E-state index in [9.17, 15) is 4.39 Å². The molecular formula is C12H18ClFN2. The van der Waals surface area contributed by atoms with Gasteiger partial charge in [0.1, 0.15) is 5.82 Å². The summed E-state index contributed by atoms with van der Waals surface area (Å²) in [6.07, 6.45) is 2.00. The summed E-state index contributed by atoms with van der Waals surface area (Å²) in [5.41, 5.74) is 6.60. The number of rotatable bonds is 5. The average molecular weight is 245 g/mol. The van der Waals surface area contributed by atoms with Crippen molar-refractivity contribution in [1.29, 1.82) is 0 Å². The number of benzene rings is 1. The summed E-state index contributed by atoms with van der Waals surface area (Å²) >= 11 is 5.72. The molecule has 1 aromatic rings. The van der Waals surface area contributed by atoms with Crippen LogP contribution < -0.4 is 10.6 Å². The summed E-state index contributed by atoms with van der Waals surface area (Å²) in [6.45, 7) is 2.89. The molecule has 0 bridgehead atoms. The van der Waals surface area contributed by atoms with Crippen molar-refractivity contribution in [2.75, 3.05) is 18.5 Å². The quantitative estimate of drug-likeness (QED) is 0.863. The molecule has 2 nitrogen and oxygen atoms in total. The summed E-state index contributed by atoms with van der Waals surface area (Å²) < 4.78 is 13.0. The second kappa shape index (κ2) is 6.06. The summed E-state index contributed by atoms with van der Waals surface area (Å²) in [7, 11) is 1.96. The first kappa shape index (κ1) is 13.3. The highest BCUT2D eigenvalue weighted by Crippen LogP contribution is 2.21. The molecule has 0 fully saturated rings. The van der Waals surface area contributed by atoms with Crippen molar-refractivity contribution in [2.45, 2.75) is 25.8 Å². The van der Waals surface area contributed by atoms with Gasteiger partial charge in [0.25, 0.3) is 0 Å². The number of nitrogens with two attached hydrogens (primary N) is 1. The first-order chi connectivity index (χ1) is 7.50. The molecule has 0 saturated heterocycles. The Kier molecular flexibility index (Phi) is 5.03. The summed E-state index contributed by atoms with van der Waals surface area (Å²) in [5.74, 6) is -0.380. The maximum absolute atomic E-state index is 13.0. The van der Waals surface area contributed by atoms with Crippen molar-refractivity contribution in [2.24, 2.45) is 5.73 Å². The van der Waals surface area contributed by atoms with Gasteiger partial charge in [-0.2, -0.15) is 0 Å². The van der Waals surface area contributed by atoms with Crippen molar-refractivity contribution >= 4 is 17.3 Å². The predicted octanol–water partition coefficient (Wildman–Crippen LogP) is 3.04. The van der Waals surface area contributed by atoms with Gasteiger partial charge in [-0.15, -0.1) is 0 Å². The van der Waals surface area contributed by atoms with E-state index in [2.05, 4.69) is 0 Å². The van der Waals surface area contributed by atoms with Gasteiger partial charge in [0.2, 0.25) is 0 Å². The molecule has 0 radical (unpaired) electrons. The fourth-order valence-electron chi connectivity index (χ4n) is 1.50. The van der Waals surface area contributed by atoms with Crippen molar-refractivity contribution in [3.63, 3.8) is 0 Å². The van der Waals surface area contributed by atoms with Crippen molar-refractivity contribution in [1.82, 2.24) is 0 Å². The second-order valence-corrected chi connectivity index (χ2v) is 4.55. The second-order valence-electron chi connectivity index (χ2n) is 4.14. The van der Waals surface area contributed by atoms with Crippen LogP contribution in [0.4, 0.5) is 10.1 Å². The van der Waals surface area contributed by atoms with E-state index in [1.807, 2.05) is 18.9 Å². The first-order valence-electron chi connectivity index (χ1n) is 5.42. The molecule has 0 aliphatic rings. The van der Waals surface area contributed by atoms with E-state index in [4.69, 9.17) is 17.3 Å². The number of anilines is 1. The van der Waals surface area contributed by atoms with Gasteiger partial charge in [0, 0.05) is 25.3 Å². The van der Waals surface area contributed by atoms with Gasteiger partial charge >= 0.3 is 0 Å². The lowest BCUT2D eigenvalue weighted by Crippen LogP contribution is -2.22. The molecular weight excluding hydrogens is 227 g/mol. The number of nitrogens with zero attached hydrogens (tertiary/aromatic N) is 1. The third-order valence-electron chi connectivity index (χ3n) is 2.50. The molecule has 90 valence electrons. The minimum absolute atomic E-state index is 0.163. The zero-order valence-corrected chi connectivity index (χ0v) is 10.5. The minimum atomic E-state index is -0.380. The zero-order chi connectivity index (χ0) is 12.1. The molecule has 1 aromatic carbocycles. The molecule has 1 atom stereocenters. The standard InChI is InChI=1S/C12H18ClFN2/c1-9(15)4-3-7-16(2)10-5-6-12(14)11(13)8-10/h5-6,8-9H,3-4,7,15H2,1-2H3. The van der Waals surface area contributed by atoms with Crippen molar-refractivity contribution < 1.29 is 4.39 Å². The van der Waals surface area contributed by atoms with Gasteiger partial charge in [0.15, 0.2) is 0 Å². The average Bonchev–Trinajstić information content (AvgIpc) is 2.21. The van der Waals surface area contributed by atoms with Crippen molar-refractivity contribution in [3.05, 3.63) is 29.0 Å². The maximum Gasteiger partial charge on any atom is 0.141 e. The van der Waals surface area contributed by atoms with Crippen LogP contribution in [0.1, 0.15) is 19.8 Å². The Morgan fingerprint density at radius 2 is 2.19 bits per heavy atom. The van der Waals surface area contributed by atoms with Gasteiger partial charge in [0.05, 0.1) is 5.02 Å². The molecule has 0 aromatic heterocycles. The Labute approximate surface area is 101 Å². The SMILES string of the molecule is CC(N)CCCN(C)c1ccc(F)c(Cl)c1. The topological polar surface area (TPSA) is 29.3 Å². The summed E-state index contributed by atoms with van der Waals surface area (Å²) in [6, 6.07) is 4.99. The van der Waals surface area contributed by atoms with Gasteiger partial charge in [-0.3, -0.25) is 0 Å². The van der Waals surface area contributed by atoms with Crippen LogP contribution in [-0.2, 0) is 0 Å². The fraction of sp³-hybridized carbons (Fsp3) is 0.500. The highest BCUT2D eigenvalue weighted by Gasteiger charge is 2.05. The highest BCUT2D eigenvalue weighted by atomic mass is 35.5. The molecule has 0 spiro atoms. The van der Waals surface area contributed by atoms with Crippen LogP contribution >= 0.6 is 11.6 Å². The van der Waals surface area contributed by atoms with Crippen LogP contribution in [0.5, 0.6) is 0 Å². The predicted molar refractivity (Wildman–Crippen MR) is 67.6 cm³/mol. The van der Waals surface area contributed by atoms with Crippen LogP contribution in [0.2, 0.25) is 5.02 Å². The lowest BCUT2D eigenvalue weighted by molar-refractivity contribution is 0.619. The zero-order valence-electron chi connectivity index (χ0n) is 9.71. The molecule has 2 N–H and O–H groups in total. The van der Waals surface area contributed by atoms with Crippen LogP contribution in [0, 0.1) is 5.82 Å². The lowest BCUT2D eigenvalue weighted by Gasteiger charge is -2.20. The van der Waals surface area contributed by atoms with Gasteiger partial charge in [-0.25, -0.2) is 4.39 Å². The Hall–Kier alpha value is -0.800. The monoisotopic (exact) mass is 244 g/mol. The van der Waals surface area contributed by atoms with Crippen LogP contribution in [-0.4, -0.2) is 19.6 Å². The summed E-state index contributed by atoms with van der Waals surface area (Å²) in [5, 5.41) is 0.163. The molecule has 0 saturated carbocycles. The summed E-state index contributed by atoms with van der Waals surface area (Å²) in [4.78, 5) is 2.05. The van der Waals surface area contributed by atoms with E-state index in [0.29, 0.717) is 0 Å². The Bertz CT molecular complexity index is 342. The van der Waals surface area contributed by atoms with E-state index in [1.54, 1.807) is 12.1 Å². The van der Waals surface area contributed by atoms with Crippen molar-refractivity contribution in [3.8, 4) is 0 Å². The van der Waals surface area contributed by atoms with Crippen LogP contribution in [0.15, 0.2) is 18.2 Å². The van der Waals surface area contributed by atoms with E-state index in [-0.39, 0.29) is 16.9 Å². The lowest BCUT2D eigenvalue weighted by atomic mass is 10.2. The molecule has 16 heavy (non-hydrogen) atoms. The van der Waals surface area contributed by atoms with Gasteiger partial charge in [-0.05, 0) is 38.0 Å². The Morgan fingerprint density at radius 3 is 2.75 bits per heavy atom. The highest BCUT2D eigenvalue weighted by molar-refractivity contribution is 6.31. The van der Waals surface area contributed by atoms with Crippen LogP contribution in [0.3, 0.4) is 0 Å². The Morgan fingerprint density at radius 1 is 1.50 bits per heavy atom. The molecule has 0 heterocycles. The molecule has 4 heteroatoms. The van der Waals surface area contributed by atoms with E-state index in [1.165, 1.54) is 6.07 Å². The van der Waals surface area contributed by atoms with E-state index < -0.39 is 0 Å². The smallest absolute Gasteiger partial charge is 0.141 e. The maximum atomic E-state index is 13.0. The van der Waals surface area contributed by atoms with Crippen LogP contribution in [0.25, 0.3) is 0 Å². The number of halogens is 2. The molecule has 1 rings (SSSR count). The number of hydrogen-bond acceptors (Lipinski definition) is 2. The molecule has 0 aliphatic carbocycles. The molecule has 0 amide bonds. The van der Waals surface area contributed by atoms with E-state index >= 15 is 0 Å².